The lowest BCUT2D eigenvalue weighted by molar-refractivity contribution is -0.000527. The number of nitrogens with two attached hydrogens (primary N) is 2. The molecule has 0 saturated carbocycles. The van der Waals surface area contributed by atoms with Crippen LogP contribution in [0.4, 0.5) is 29.7 Å². The Bertz CT molecular complexity index is 1190. The number of nitrogens with zero attached hydrogens (tertiary/aromatic N) is 4. The molecule has 8 nitrogen and oxygen atoms in total. The number of nitrogen functional groups attached to an aromatic ring is 1. The lowest BCUT2D eigenvalue weighted by atomic mass is 10.1. The van der Waals surface area contributed by atoms with Crippen LogP contribution in [0, 0.1) is 12.7 Å². The van der Waals surface area contributed by atoms with Gasteiger partial charge in [-0.1, -0.05) is 23.0 Å². The Morgan fingerprint density at radius 1 is 1.36 bits per heavy atom. The Labute approximate surface area is 192 Å². The summed E-state index contributed by atoms with van der Waals surface area (Å²) in [6.45, 7) is 1.56. The average molecular weight is 480 g/mol. The van der Waals surface area contributed by atoms with Crippen molar-refractivity contribution in [3.8, 4) is 10.6 Å². The maximum absolute atomic E-state index is 14.3. The number of amides is 1. The van der Waals surface area contributed by atoms with Crippen molar-refractivity contribution in [2.75, 3.05) is 29.0 Å². The van der Waals surface area contributed by atoms with Gasteiger partial charge in [0.1, 0.15) is 21.5 Å². The van der Waals surface area contributed by atoms with Gasteiger partial charge in [0, 0.05) is 31.6 Å². The number of nitrogens with one attached hydrogen (secondary N) is 1. The zero-order valence-corrected chi connectivity index (χ0v) is 18.9. The van der Waals surface area contributed by atoms with E-state index in [1.54, 1.807) is 19.2 Å². The molecule has 5 N–H and O–H groups in total. The number of rotatable bonds is 4. The molecule has 0 bridgehead atoms. The summed E-state index contributed by atoms with van der Waals surface area (Å²) in [5, 5.41) is 7.17. The van der Waals surface area contributed by atoms with Crippen LogP contribution < -0.4 is 21.7 Å². The number of alkyl halides is 2. The van der Waals surface area contributed by atoms with Gasteiger partial charge in [0.25, 0.3) is 11.8 Å². The zero-order chi connectivity index (χ0) is 23.9. The highest BCUT2D eigenvalue weighted by Gasteiger charge is 2.38. The van der Waals surface area contributed by atoms with E-state index in [4.69, 9.17) is 11.5 Å². The largest absolute Gasteiger partial charge is 0.389 e. The van der Waals surface area contributed by atoms with E-state index < -0.39 is 36.7 Å². The summed E-state index contributed by atoms with van der Waals surface area (Å²) in [7, 11) is 1.60. The quantitative estimate of drug-likeness (QED) is 0.529. The van der Waals surface area contributed by atoms with E-state index in [1.807, 2.05) is 6.92 Å². The molecule has 33 heavy (non-hydrogen) atoms. The van der Waals surface area contributed by atoms with Gasteiger partial charge in [-0.2, -0.15) is 5.10 Å². The molecule has 4 rings (SSSR count). The van der Waals surface area contributed by atoms with Crippen molar-refractivity contribution in [2.24, 2.45) is 12.8 Å². The molecule has 1 aliphatic rings. The topological polar surface area (TPSA) is 115 Å². The number of aromatic nitrogens is 3. The van der Waals surface area contributed by atoms with Crippen LogP contribution in [0.25, 0.3) is 10.6 Å². The van der Waals surface area contributed by atoms with Crippen LogP contribution >= 0.6 is 11.3 Å². The molecule has 2 aromatic heterocycles. The van der Waals surface area contributed by atoms with E-state index in [2.05, 4.69) is 15.4 Å². The average Bonchev–Trinajstić information content (AvgIpc) is 3.25. The Kier molecular flexibility index (Phi) is 6.06. The Morgan fingerprint density at radius 3 is 2.88 bits per heavy atom. The molecular formula is C21H24F3N7OS. The summed E-state index contributed by atoms with van der Waals surface area (Å²) < 4.78 is 44.3. The fourth-order valence-corrected chi connectivity index (χ4v) is 4.75. The van der Waals surface area contributed by atoms with Crippen molar-refractivity contribution >= 4 is 33.8 Å². The number of aryl methyl sites for hydroxylation is 2. The lowest BCUT2D eigenvalue weighted by Crippen LogP contribution is -2.37. The Balaban J connectivity index is 1.61. The molecule has 1 fully saturated rings. The van der Waals surface area contributed by atoms with E-state index >= 15 is 0 Å². The van der Waals surface area contributed by atoms with Crippen LogP contribution in [0.2, 0.25) is 0 Å². The van der Waals surface area contributed by atoms with Gasteiger partial charge in [0.05, 0.1) is 12.7 Å². The molecule has 1 aliphatic heterocycles. The Morgan fingerprint density at radius 2 is 2.12 bits per heavy atom. The molecule has 0 aliphatic carbocycles. The maximum Gasteiger partial charge on any atom is 0.277 e. The first-order chi connectivity index (χ1) is 15.5. The molecule has 1 unspecified atom stereocenters. The predicted octanol–water partition coefficient (Wildman–Crippen LogP) is 3.39. The third kappa shape index (κ3) is 4.81. The zero-order valence-electron chi connectivity index (χ0n) is 18.1. The van der Waals surface area contributed by atoms with E-state index in [0.717, 1.165) is 16.9 Å². The van der Waals surface area contributed by atoms with Crippen molar-refractivity contribution in [2.45, 2.75) is 31.7 Å². The minimum Gasteiger partial charge on any atom is -0.389 e. The van der Waals surface area contributed by atoms with Crippen LogP contribution in [0.1, 0.15) is 28.9 Å². The van der Waals surface area contributed by atoms with Gasteiger partial charge in [-0.15, -0.1) is 0 Å². The molecule has 1 atom stereocenters. The number of halogens is 3. The van der Waals surface area contributed by atoms with Crippen molar-refractivity contribution in [1.82, 2.24) is 14.8 Å². The number of carbonyl (C=O) groups excluding carboxylic acids is 1. The van der Waals surface area contributed by atoms with Crippen LogP contribution in [0.5, 0.6) is 0 Å². The number of thiazole rings is 1. The minimum atomic E-state index is -2.98. The van der Waals surface area contributed by atoms with Crippen molar-refractivity contribution in [3.63, 3.8) is 0 Å². The fraction of sp³-hybridized carbons (Fsp3) is 0.381. The predicted molar refractivity (Wildman–Crippen MR) is 122 cm³/mol. The molecule has 1 aromatic carbocycles. The normalized spacial score (nSPS) is 18.2. The number of hydrogen-bond donors (Lipinski definition) is 3. The highest BCUT2D eigenvalue weighted by Crippen LogP contribution is 2.35. The van der Waals surface area contributed by atoms with Gasteiger partial charge in [-0.3, -0.25) is 9.48 Å². The van der Waals surface area contributed by atoms with Crippen LogP contribution in [-0.2, 0) is 7.05 Å². The van der Waals surface area contributed by atoms with Gasteiger partial charge in [0.2, 0.25) is 0 Å². The highest BCUT2D eigenvalue weighted by atomic mass is 32.1. The van der Waals surface area contributed by atoms with Crippen LogP contribution in [0.3, 0.4) is 0 Å². The number of benzene rings is 1. The van der Waals surface area contributed by atoms with E-state index in [9.17, 15) is 18.0 Å². The summed E-state index contributed by atoms with van der Waals surface area (Å²) in [6.07, 6.45) is 1.34. The third-order valence-corrected chi connectivity index (χ3v) is 6.35. The second-order valence-corrected chi connectivity index (χ2v) is 9.24. The van der Waals surface area contributed by atoms with Crippen LogP contribution in [0.15, 0.2) is 24.4 Å². The van der Waals surface area contributed by atoms with Gasteiger partial charge < -0.3 is 21.7 Å². The van der Waals surface area contributed by atoms with Gasteiger partial charge in [0.15, 0.2) is 11.5 Å². The molecule has 176 valence electrons. The summed E-state index contributed by atoms with van der Waals surface area (Å²) in [5.74, 6) is -3.77. The van der Waals surface area contributed by atoms with Crippen molar-refractivity contribution < 1.29 is 18.0 Å². The number of anilines is 3. The molecule has 12 heteroatoms. The highest BCUT2D eigenvalue weighted by molar-refractivity contribution is 7.19. The number of carbonyl (C=O) groups is 1. The van der Waals surface area contributed by atoms with Crippen molar-refractivity contribution in [3.05, 3.63) is 41.5 Å². The third-order valence-electron chi connectivity index (χ3n) is 5.43. The van der Waals surface area contributed by atoms with E-state index in [-0.39, 0.29) is 33.5 Å². The van der Waals surface area contributed by atoms with Gasteiger partial charge >= 0.3 is 0 Å². The SMILES string of the molecule is Cc1ccc(F)c(-c2nc(C(=O)Nc3cnn(C)c3N3CCC(N)CC(F)(F)C3)c(N)s2)c1. The summed E-state index contributed by atoms with van der Waals surface area (Å²) >= 11 is 0.991. The summed E-state index contributed by atoms with van der Waals surface area (Å²) in [4.78, 5) is 18.7. The minimum absolute atomic E-state index is 0.0751. The molecule has 1 saturated heterocycles. The van der Waals surface area contributed by atoms with Crippen LogP contribution in [-0.4, -0.2) is 45.7 Å². The Hall–Kier alpha value is -3.12. The number of hydrogen-bond acceptors (Lipinski definition) is 7. The molecule has 1 amide bonds. The van der Waals surface area contributed by atoms with Gasteiger partial charge in [-0.25, -0.2) is 18.2 Å². The summed E-state index contributed by atoms with van der Waals surface area (Å²) in [5.41, 5.74) is 13.1. The smallest absolute Gasteiger partial charge is 0.277 e. The van der Waals surface area contributed by atoms with E-state index in [0.29, 0.717) is 12.2 Å². The second kappa shape index (κ2) is 8.67. The van der Waals surface area contributed by atoms with Gasteiger partial charge in [-0.05, 0) is 25.5 Å². The molecular weight excluding hydrogens is 455 g/mol. The molecule has 0 radical (unpaired) electrons. The van der Waals surface area contributed by atoms with E-state index in [1.165, 1.54) is 21.8 Å². The lowest BCUT2D eigenvalue weighted by Gasteiger charge is -2.26. The standard InChI is InChI=1S/C21H24F3N7OS/c1-11-3-4-14(22)13(7-11)19-29-16(17(26)33-19)18(32)28-15-9-27-30(2)20(15)31-6-5-12(25)8-21(23,24)10-31/h3-4,7,9,12H,5-6,8,10,25-26H2,1-2H3,(H,28,32). The first-order valence-electron chi connectivity index (χ1n) is 10.3. The monoisotopic (exact) mass is 479 g/mol. The fourth-order valence-electron chi connectivity index (χ4n) is 3.90. The second-order valence-electron chi connectivity index (χ2n) is 8.21. The molecule has 3 aromatic rings. The first kappa shape index (κ1) is 23.1. The first-order valence-corrected chi connectivity index (χ1v) is 11.1. The van der Waals surface area contributed by atoms with Crippen molar-refractivity contribution in [1.29, 1.82) is 0 Å². The maximum atomic E-state index is 14.3. The molecule has 3 heterocycles. The molecule has 0 spiro atoms. The summed E-state index contributed by atoms with van der Waals surface area (Å²) in [6, 6.07) is 3.96.